The minimum absolute atomic E-state index is 0.132. The predicted molar refractivity (Wildman–Crippen MR) is 72.0 cm³/mol. The monoisotopic (exact) mass is 281 g/mol. The Morgan fingerprint density at radius 1 is 1.53 bits per heavy atom. The van der Waals surface area contributed by atoms with Crippen LogP contribution in [-0.4, -0.2) is 15.7 Å². The van der Waals surface area contributed by atoms with Crippen LogP contribution in [0.25, 0.3) is 0 Å². The van der Waals surface area contributed by atoms with Crippen LogP contribution >= 0.6 is 11.6 Å². The molecule has 1 amide bonds. The number of benzene rings is 1. The number of hydrogen-bond acceptors (Lipinski definition) is 2. The minimum atomic E-state index is -0.453. The van der Waals surface area contributed by atoms with E-state index in [0.29, 0.717) is 12.2 Å². The van der Waals surface area contributed by atoms with E-state index in [1.165, 1.54) is 12.1 Å². The van der Waals surface area contributed by atoms with Crippen LogP contribution in [0.5, 0.6) is 0 Å². The van der Waals surface area contributed by atoms with Crippen LogP contribution in [0.1, 0.15) is 23.0 Å². The van der Waals surface area contributed by atoms with E-state index in [9.17, 15) is 9.18 Å². The van der Waals surface area contributed by atoms with Gasteiger partial charge >= 0.3 is 0 Å². The number of carbonyl (C=O) groups excluding carboxylic acids is 1. The Kier molecular flexibility index (Phi) is 3.85. The SMILES string of the molecule is CCn1cc(Cl)c(C(=O)Nc2cc(F)ccc2C)n1. The largest absolute Gasteiger partial charge is 0.320 e. The summed E-state index contributed by atoms with van der Waals surface area (Å²) in [5.41, 5.74) is 1.31. The van der Waals surface area contributed by atoms with Gasteiger partial charge in [-0.3, -0.25) is 9.48 Å². The van der Waals surface area contributed by atoms with Crippen LogP contribution in [0.15, 0.2) is 24.4 Å². The molecular formula is C13H13ClFN3O. The molecule has 0 aliphatic carbocycles. The van der Waals surface area contributed by atoms with E-state index in [1.54, 1.807) is 23.9 Å². The van der Waals surface area contributed by atoms with E-state index in [-0.39, 0.29) is 10.7 Å². The highest BCUT2D eigenvalue weighted by Gasteiger charge is 2.16. The lowest BCUT2D eigenvalue weighted by Crippen LogP contribution is -2.14. The smallest absolute Gasteiger partial charge is 0.277 e. The van der Waals surface area contributed by atoms with Crippen LogP contribution in [-0.2, 0) is 6.54 Å². The second-order valence-electron chi connectivity index (χ2n) is 4.09. The van der Waals surface area contributed by atoms with E-state index in [0.717, 1.165) is 5.56 Å². The number of rotatable bonds is 3. The molecule has 0 radical (unpaired) electrons. The highest BCUT2D eigenvalue weighted by molar-refractivity contribution is 6.34. The Bertz CT molecular complexity index is 624. The highest BCUT2D eigenvalue weighted by Crippen LogP contribution is 2.19. The number of halogens is 2. The first-order chi connectivity index (χ1) is 9.01. The zero-order valence-corrected chi connectivity index (χ0v) is 11.3. The molecule has 1 N–H and O–H groups in total. The van der Waals surface area contributed by atoms with E-state index < -0.39 is 11.7 Å². The Labute approximate surface area is 115 Å². The van der Waals surface area contributed by atoms with Gasteiger partial charge in [-0.1, -0.05) is 17.7 Å². The molecule has 0 atom stereocenters. The molecule has 2 rings (SSSR count). The van der Waals surface area contributed by atoms with Gasteiger partial charge in [0.15, 0.2) is 5.69 Å². The first kappa shape index (κ1) is 13.5. The number of aromatic nitrogens is 2. The number of hydrogen-bond donors (Lipinski definition) is 1. The summed E-state index contributed by atoms with van der Waals surface area (Å²) in [4.78, 5) is 12.0. The van der Waals surface area contributed by atoms with Crippen molar-refractivity contribution in [2.24, 2.45) is 0 Å². The zero-order valence-electron chi connectivity index (χ0n) is 10.6. The van der Waals surface area contributed by atoms with Crippen molar-refractivity contribution in [2.75, 3.05) is 5.32 Å². The van der Waals surface area contributed by atoms with E-state index in [1.807, 2.05) is 6.92 Å². The summed E-state index contributed by atoms with van der Waals surface area (Å²) in [7, 11) is 0. The maximum atomic E-state index is 13.1. The van der Waals surface area contributed by atoms with Gasteiger partial charge in [-0.2, -0.15) is 5.10 Å². The zero-order chi connectivity index (χ0) is 14.0. The Balaban J connectivity index is 2.25. The summed E-state index contributed by atoms with van der Waals surface area (Å²) in [6.07, 6.45) is 1.58. The fraction of sp³-hybridized carbons (Fsp3) is 0.231. The average Bonchev–Trinajstić information content (AvgIpc) is 2.75. The third-order valence-corrected chi connectivity index (χ3v) is 2.98. The molecule has 19 heavy (non-hydrogen) atoms. The lowest BCUT2D eigenvalue weighted by molar-refractivity contribution is 0.102. The lowest BCUT2D eigenvalue weighted by atomic mass is 10.2. The first-order valence-corrected chi connectivity index (χ1v) is 6.19. The van der Waals surface area contributed by atoms with Crippen LogP contribution in [0.4, 0.5) is 10.1 Å². The van der Waals surface area contributed by atoms with E-state index >= 15 is 0 Å². The molecule has 0 saturated carbocycles. The van der Waals surface area contributed by atoms with Crippen LogP contribution in [0, 0.1) is 12.7 Å². The normalized spacial score (nSPS) is 10.5. The van der Waals surface area contributed by atoms with Gasteiger partial charge in [-0.05, 0) is 31.5 Å². The van der Waals surface area contributed by atoms with Crippen molar-refractivity contribution in [2.45, 2.75) is 20.4 Å². The molecule has 1 aromatic heterocycles. The summed E-state index contributed by atoms with van der Waals surface area (Å²) in [6, 6.07) is 4.19. The van der Waals surface area contributed by atoms with Gasteiger partial charge < -0.3 is 5.32 Å². The number of amides is 1. The summed E-state index contributed by atoms with van der Waals surface area (Å²) >= 11 is 5.94. The molecule has 0 fully saturated rings. The quantitative estimate of drug-likeness (QED) is 0.939. The van der Waals surface area contributed by atoms with Crippen molar-refractivity contribution in [1.29, 1.82) is 0 Å². The van der Waals surface area contributed by atoms with Crippen LogP contribution in [0.3, 0.4) is 0 Å². The molecular weight excluding hydrogens is 269 g/mol. The molecule has 0 bridgehead atoms. The van der Waals surface area contributed by atoms with Gasteiger partial charge in [0.25, 0.3) is 5.91 Å². The van der Waals surface area contributed by atoms with Gasteiger partial charge in [-0.15, -0.1) is 0 Å². The number of nitrogens with zero attached hydrogens (tertiary/aromatic N) is 2. The fourth-order valence-corrected chi connectivity index (χ4v) is 1.86. The molecule has 1 aromatic carbocycles. The number of carbonyl (C=O) groups is 1. The molecule has 0 saturated heterocycles. The third-order valence-electron chi connectivity index (χ3n) is 2.70. The van der Waals surface area contributed by atoms with Gasteiger partial charge in [0.1, 0.15) is 5.82 Å². The molecule has 2 aromatic rings. The maximum absolute atomic E-state index is 13.1. The molecule has 0 aliphatic rings. The Morgan fingerprint density at radius 2 is 2.26 bits per heavy atom. The summed E-state index contributed by atoms with van der Waals surface area (Å²) in [5, 5.41) is 6.93. The number of nitrogens with one attached hydrogen (secondary N) is 1. The summed E-state index contributed by atoms with van der Waals surface area (Å²) in [6.45, 7) is 4.29. The standard InChI is InChI=1S/C13H13ClFN3O/c1-3-18-7-10(14)12(17-18)13(19)16-11-6-9(15)5-4-8(11)2/h4-7H,3H2,1-2H3,(H,16,19). The Hall–Kier alpha value is -1.88. The molecule has 100 valence electrons. The van der Waals surface area contributed by atoms with Crippen molar-refractivity contribution in [3.63, 3.8) is 0 Å². The van der Waals surface area contributed by atoms with Crippen molar-refractivity contribution in [1.82, 2.24) is 9.78 Å². The number of anilines is 1. The predicted octanol–water partition coefficient (Wildman–Crippen LogP) is 3.26. The van der Waals surface area contributed by atoms with Crippen LogP contribution < -0.4 is 5.32 Å². The maximum Gasteiger partial charge on any atom is 0.277 e. The summed E-state index contributed by atoms with van der Waals surface area (Å²) < 4.78 is 14.7. The topological polar surface area (TPSA) is 46.9 Å². The average molecular weight is 282 g/mol. The molecule has 0 unspecified atom stereocenters. The van der Waals surface area contributed by atoms with Crippen LogP contribution in [0.2, 0.25) is 5.02 Å². The van der Waals surface area contributed by atoms with E-state index in [4.69, 9.17) is 11.6 Å². The molecule has 0 aliphatic heterocycles. The lowest BCUT2D eigenvalue weighted by Gasteiger charge is -2.07. The van der Waals surface area contributed by atoms with Crippen molar-refractivity contribution >= 4 is 23.2 Å². The van der Waals surface area contributed by atoms with Crippen molar-refractivity contribution in [3.8, 4) is 0 Å². The molecule has 1 heterocycles. The van der Waals surface area contributed by atoms with Crippen molar-refractivity contribution < 1.29 is 9.18 Å². The first-order valence-electron chi connectivity index (χ1n) is 5.81. The van der Waals surface area contributed by atoms with Gasteiger partial charge in [0, 0.05) is 18.4 Å². The third kappa shape index (κ3) is 2.93. The highest BCUT2D eigenvalue weighted by atomic mass is 35.5. The molecule has 4 nitrogen and oxygen atoms in total. The minimum Gasteiger partial charge on any atom is -0.320 e. The molecule has 6 heteroatoms. The van der Waals surface area contributed by atoms with E-state index in [2.05, 4.69) is 10.4 Å². The molecule has 0 spiro atoms. The Morgan fingerprint density at radius 3 is 2.89 bits per heavy atom. The van der Waals surface area contributed by atoms with Crippen molar-refractivity contribution in [3.05, 3.63) is 46.5 Å². The fourth-order valence-electron chi connectivity index (χ4n) is 1.62. The second-order valence-corrected chi connectivity index (χ2v) is 4.50. The van der Waals surface area contributed by atoms with Gasteiger partial charge in [0.05, 0.1) is 5.02 Å². The second kappa shape index (κ2) is 5.40. The van der Waals surface area contributed by atoms with Gasteiger partial charge in [0.2, 0.25) is 0 Å². The van der Waals surface area contributed by atoms with Gasteiger partial charge in [-0.25, -0.2) is 4.39 Å². The summed E-state index contributed by atoms with van der Waals surface area (Å²) in [5.74, 6) is -0.864. The number of aryl methyl sites for hydroxylation is 2.